The molecule has 0 spiro atoms. The smallest absolute Gasteiger partial charge is 0.165 e. The van der Waals surface area contributed by atoms with Crippen molar-refractivity contribution in [3.8, 4) is 5.75 Å². The third-order valence-corrected chi connectivity index (χ3v) is 12.1. The van der Waals surface area contributed by atoms with Crippen LogP contribution in [0.2, 0.25) is 0 Å². The highest BCUT2D eigenvalue weighted by molar-refractivity contribution is 5.32. The second-order valence-corrected chi connectivity index (χ2v) is 15.1. The molecular weight excluding hydrogens is 539 g/mol. The first-order chi connectivity index (χ1) is 21.6. The molecule has 0 atom stereocenters. The van der Waals surface area contributed by atoms with Crippen molar-refractivity contribution in [1.29, 1.82) is 0 Å². The highest BCUT2D eigenvalue weighted by Crippen LogP contribution is 2.46. The van der Waals surface area contributed by atoms with Crippen molar-refractivity contribution in [2.24, 2.45) is 17.8 Å². The molecular formula is C42H63FO. The van der Waals surface area contributed by atoms with Crippen molar-refractivity contribution in [2.45, 2.75) is 166 Å². The van der Waals surface area contributed by atoms with E-state index in [1.807, 2.05) is 6.07 Å². The van der Waals surface area contributed by atoms with E-state index in [0.29, 0.717) is 18.3 Å². The summed E-state index contributed by atoms with van der Waals surface area (Å²) in [5.74, 6) is 5.05. The number of benzene rings is 2. The van der Waals surface area contributed by atoms with E-state index in [4.69, 9.17) is 4.74 Å². The highest BCUT2D eigenvalue weighted by Gasteiger charge is 2.32. The molecule has 3 aliphatic rings. The zero-order chi connectivity index (χ0) is 30.6. The summed E-state index contributed by atoms with van der Waals surface area (Å²) in [5.41, 5.74) is 4.38. The average molecular weight is 603 g/mol. The van der Waals surface area contributed by atoms with Gasteiger partial charge in [-0.15, -0.1) is 0 Å². The molecule has 0 unspecified atom stereocenters. The summed E-state index contributed by atoms with van der Waals surface area (Å²) in [5, 5.41) is 0. The summed E-state index contributed by atoms with van der Waals surface area (Å²) in [7, 11) is 0. The molecule has 3 fully saturated rings. The monoisotopic (exact) mass is 602 g/mol. The second-order valence-electron chi connectivity index (χ2n) is 15.1. The predicted molar refractivity (Wildman–Crippen MR) is 185 cm³/mol. The first-order valence-corrected chi connectivity index (χ1v) is 19.2. The van der Waals surface area contributed by atoms with E-state index in [2.05, 4.69) is 44.2 Å². The third kappa shape index (κ3) is 9.59. The summed E-state index contributed by atoms with van der Waals surface area (Å²) in [6, 6.07) is 15.7. The Bertz CT molecular complexity index is 1070. The molecule has 1 nitrogen and oxygen atoms in total. The lowest BCUT2D eigenvalue weighted by Gasteiger charge is -2.38. The second kappa shape index (κ2) is 17.8. The number of unbranched alkanes of at least 4 members (excludes halogenated alkanes) is 6. The topological polar surface area (TPSA) is 9.23 Å². The number of ether oxygens (including phenoxy) is 1. The zero-order valence-electron chi connectivity index (χ0n) is 28.3. The van der Waals surface area contributed by atoms with Gasteiger partial charge in [-0.2, -0.15) is 0 Å². The van der Waals surface area contributed by atoms with Gasteiger partial charge in [-0.25, -0.2) is 4.39 Å². The fourth-order valence-electron chi connectivity index (χ4n) is 9.10. The van der Waals surface area contributed by atoms with E-state index in [9.17, 15) is 4.39 Å². The minimum atomic E-state index is -0.182. The van der Waals surface area contributed by atoms with Crippen LogP contribution in [0.25, 0.3) is 0 Å². The molecule has 0 N–H and O–H groups in total. The van der Waals surface area contributed by atoms with Crippen LogP contribution >= 0.6 is 0 Å². The van der Waals surface area contributed by atoms with Gasteiger partial charge in [0, 0.05) is 0 Å². The molecule has 0 aliphatic heterocycles. The van der Waals surface area contributed by atoms with Crippen LogP contribution in [0.1, 0.15) is 183 Å². The van der Waals surface area contributed by atoms with Crippen LogP contribution in [-0.2, 0) is 0 Å². The molecule has 0 heterocycles. The molecule has 244 valence electrons. The Morgan fingerprint density at radius 2 is 1.02 bits per heavy atom. The van der Waals surface area contributed by atoms with Gasteiger partial charge < -0.3 is 4.74 Å². The predicted octanol–water partition coefficient (Wildman–Crippen LogP) is 13.3. The summed E-state index contributed by atoms with van der Waals surface area (Å²) in [6.45, 7) is 5.04. The maximum absolute atomic E-state index is 14.7. The number of halogens is 1. The molecule has 5 rings (SSSR count). The van der Waals surface area contributed by atoms with E-state index in [1.54, 1.807) is 17.2 Å². The van der Waals surface area contributed by atoms with Gasteiger partial charge in [-0.3, -0.25) is 0 Å². The Morgan fingerprint density at radius 1 is 0.545 bits per heavy atom. The Hall–Kier alpha value is -1.83. The van der Waals surface area contributed by atoms with Gasteiger partial charge in [0.2, 0.25) is 0 Å². The molecule has 2 heteroatoms. The average Bonchev–Trinajstić information content (AvgIpc) is 3.08. The Labute approximate surface area is 270 Å². The number of rotatable bonds is 15. The number of hydrogen-bond donors (Lipinski definition) is 0. The van der Waals surface area contributed by atoms with Gasteiger partial charge in [-0.1, -0.05) is 95.5 Å². The zero-order valence-corrected chi connectivity index (χ0v) is 28.3. The van der Waals surface area contributed by atoms with Crippen molar-refractivity contribution in [1.82, 2.24) is 0 Å². The molecule has 0 radical (unpaired) electrons. The van der Waals surface area contributed by atoms with Crippen molar-refractivity contribution in [2.75, 3.05) is 6.61 Å². The molecule has 0 amide bonds. The summed E-state index contributed by atoms with van der Waals surface area (Å²) < 4.78 is 20.3. The Morgan fingerprint density at radius 3 is 1.57 bits per heavy atom. The molecule has 0 saturated heterocycles. The van der Waals surface area contributed by atoms with Crippen LogP contribution in [0.3, 0.4) is 0 Å². The van der Waals surface area contributed by atoms with Crippen LogP contribution in [0.5, 0.6) is 5.75 Å². The molecule has 3 saturated carbocycles. The lowest BCUT2D eigenvalue weighted by Crippen LogP contribution is -2.25. The van der Waals surface area contributed by atoms with Crippen LogP contribution < -0.4 is 4.74 Å². The first-order valence-electron chi connectivity index (χ1n) is 19.2. The van der Waals surface area contributed by atoms with Crippen molar-refractivity contribution in [3.05, 3.63) is 65.0 Å². The molecule has 44 heavy (non-hydrogen) atoms. The quantitative estimate of drug-likeness (QED) is 0.184. The van der Waals surface area contributed by atoms with E-state index >= 15 is 0 Å². The lowest BCUT2D eigenvalue weighted by atomic mass is 9.67. The minimum absolute atomic E-state index is 0.182. The fourth-order valence-corrected chi connectivity index (χ4v) is 9.10. The normalized spacial score (nSPS) is 27.7. The van der Waals surface area contributed by atoms with Crippen molar-refractivity contribution >= 4 is 0 Å². The van der Waals surface area contributed by atoms with Gasteiger partial charge >= 0.3 is 0 Å². The summed E-state index contributed by atoms with van der Waals surface area (Å²) >= 11 is 0. The number of hydrogen-bond acceptors (Lipinski definition) is 1. The van der Waals surface area contributed by atoms with Crippen LogP contribution in [0.4, 0.5) is 4.39 Å². The summed E-state index contributed by atoms with van der Waals surface area (Å²) in [6.07, 6.45) is 28.4. The van der Waals surface area contributed by atoms with E-state index < -0.39 is 0 Å². The third-order valence-electron chi connectivity index (χ3n) is 12.1. The molecule has 0 bridgehead atoms. The molecule has 2 aromatic rings. The highest BCUT2D eigenvalue weighted by atomic mass is 19.1. The van der Waals surface area contributed by atoms with Gasteiger partial charge in [-0.05, 0) is 148 Å². The van der Waals surface area contributed by atoms with Gasteiger partial charge in [0.05, 0.1) is 6.61 Å². The fraction of sp³-hybridized carbons (Fsp3) is 0.714. The van der Waals surface area contributed by atoms with Gasteiger partial charge in [0.25, 0.3) is 0 Å². The largest absolute Gasteiger partial charge is 0.491 e. The van der Waals surface area contributed by atoms with Crippen LogP contribution in [-0.4, -0.2) is 6.61 Å². The maximum atomic E-state index is 14.7. The van der Waals surface area contributed by atoms with Crippen molar-refractivity contribution < 1.29 is 9.13 Å². The van der Waals surface area contributed by atoms with Gasteiger partial charge in [0.15, 0.2) is 11.6 Å². The van der Waals surface area contributed by atoms with Crippen molar-refractivity contribution in [3.63, 3.8) is 0 Å². The van der Waals surface area contributed by atoms with Gasteiger partial charge in [0.1, 0.15) is 0 Å². The standard InChI is InChI=1S/C42H63FO/c1-3-5-7-8-9-10-11-32-12-14-33(15-13-32)34-16-18-35(19-17-34)36-20-22-37(23-21-36)38-24-26-39(27-25-38)40-28-29-42(41(43)31-40)44-30-6-4-2/h16-19,28-29,31-33,36-39H,3-15,20-27,30H2,1-2H3. The maximum Gasteiger partial charge on any atom is 0.165 e. The van der Waals surface area contributed by atoms with Crippen LogP contribution in [0, 0.1) is 23.6 Å². The SMILES string of the molecule is CCCCCCCCC1CCC(c2ccc(C3CCC(C4CCC(c5ccc(OCCCC)c(F)c5)CC4)CC3)cc2)CC1. The Balaban J connectivity index is 0.997. The summed E-state index contributed by atoms with van der Waals surface area (Å²) in [4.78, 5) is 0. The minimum Gasteiger partial charge on any atom is -0.491 e. The van der Waals surface area contributed by atoms with E-state index in [1.165, 1.54) is 128 Å². The van der Waals surface area contributed by atoms with E-state index in [0.717, 1.165) is 42.4 Å². The lowest BCUT2D eigenvalue weighted by molar-refractivity contribution is 0.177. The Kier molecular flexibility index (Phi) is 13.5. The first kappa shape index (κ1) is 33.5. The molecule has 2 aromatic carbocycles. The molecule has 0 aromatic heterocycles. The molecule has 3 aliphatic carbocycles. The van der Waals surface area contributed by atoms with E-state index in [-0.39, 0.29) is 5.82 Å². The van der Waals surface area contributed by atoms with Crippen LogP contribution in [0.15, 0.2) is 42.5 Å².